The predicted molar refractivity (Wildman–Crippen MR) is 78.8 cm³/mol. The van der Waals surface area contributed by atoms with E-state index in [4.69, 9.17) is 5.11 Å². The molecule has 2 rings (SSSR count). The second-order valence-corrected chi connectivity index (χ2v) is 5.43. The third-order valence-electron chi connectivity index (χ3n) is 2.98. The third kappa shape index (κ3) is 4.22. The van der Waals surface area contributed by atoms with Crippen LogP contribution in [0.1, 0.15) is 16.7 Å². The molecular formula is C15H13BrF3NO. The maximum atomic E-state index is 13.0. The van der Waals surface area contributed by atoms with Crippen LogP contribution in [0.15, 0.2) is 46.9 Å². The fraction of sp³-hybridized carbons (Fsp3) is 0.200. The second-order valence-electron chi connectivity index (χ2n) is 4.52. The number of rotatable bonds is 4. The summed E-state index contributed by atoms with van der Waals surface area (Å²) in [4.78, 5) is 0. The molecule has 2 nitrogen and oxygen atoms in total. The van der Waals surface area contributed by atoms with Crippen LogP contribution in [0.25, 0.3) is 0 Å². The van der Waals surface area contributed by atoms with Gasteiger partial charge in [-0.05, 0) is 29.3 Å². The number of anilines is 1. The minimum Gasteiger partial charge on any atom is -0.392 e. The van der Waals surface area contributed by atoms with E-state index in [-0.39, 0.29) is 18.8 Å². The number of aliphatic hydroxyl groups is 1. The molecule has 0 radical (unpaired) electrons. The summed E-state index contributed by atoms with van der Waals surface area (Å²) in [6, 6.07) is 11.0. The summed E-state index contributed by atoms with van der Waals surface area (Å²) >= 11 is 3.05. The van der Waals surface area contributed by atoms with E-state index in [2.05, 4.69) is 21.2 Å². The lowest BCUT2D eigenvalue weighted by Crippen LogP contribution is -2.11. The van der Waals surface area contributed by atoms with Crippen LogP contribution in [0.4, 0.5) is 18.9 Å². The molecule has 6 heteroatoms. The van der Waals surface area contributed by atoms with Crippen LogP contribution in [0, 0.1) is 0 Å². The maximum absolute atomic E-state index is 13.0. The molecule has 0 heterocycles. The molecule has 0 aliphatic carbocycles. The molecule has 2 N–H and O–H groups in total. The van der Waals surface area contributed by atoms with Gasteiger partial charge in [0.05, 0.1) is 12.2 Å². The van der Waals surface area contributed by atoms with Gasteiger partial charge in [-0.15, -0.1) is 0 Å². The first-order chi connectivity index (χ1) is 9.90. The van der Waals surface area contributed by atoms with Crippen molar-refractivity contribution in [1.82, 2.24) is 0 Å². The van der Waals surface area contributed by atoms with E-state index in [1.165, 1.54) is 6.07 Å². The topological polar surface area (TPSA) is 32.3 Å². The van der Waals surface area contributed by atoms with E-state index in [1.807, 2.05) is 0 Å². The molecule has 0 bridgehead atoms. The summed E-state index contributed by atoms with van der Waals surface area (Å²) < 4.78 is 39.3. The van der Waals surface area contributed by atoms with Crippen molar-refractivity contribution in [3.8, 4) is 0 Å². The quantitative estimate of drug-likeness (QED) is 0.837. The Balaban J connectivity index is 2.15. The van der Waals surface area contributed by atoms with Crippen LogP contribution < -0.4 is 5.32 Å². The highest BCUT2D eigenvalue weighted by atomic mass is 79.9. The molecule has 0 spiro atoms. The van der Waals surface area contributed by atoms with Crippen LogP contribution >= 0.6 is 15.9 Å². The zero-order valence-corrected chi connectivity index (χ0v) is 12.5. The first kappa shape index (κ1) is 15.9. The molecule has 0 aromatic heterocycles. The zero-order valence-electron chi connectivity index (χ0n) is 10.9. The normalized spacial score (nSPS) is 11.5. The van der Waals surface area contributed by atoms with Gasteiger partial charge >= 0.3 is 6.18 Å². The Morgan fingerprint density at radius 2 is 1.62 bits per heavy atom. The molecular weight excluding hydrogens is 347 g/mol. The average molecular weight is 360 g/mol. The van der Waals surface area contributed by atoms with Gasteiger partial charge in [-0.25, -0.2) is 0 Å². The summed E-state index contributed by atoms with van der Waals surface area (Å²) in [6.45, 7) is 0.217. The number of hydrogen-bond acceptors (Lipinski definition) is 2. The van der Waals surface area contributed by atoms with E-state index in [0.29, 0.717) is 4.47 Å². The van der Waals surface area contributed by atoms with Crippen LogP contribution in [-0.4, -0.2) is 5.11 Å². The van der Waals surface area contributed by atoms with Crippen LogP contribution in [0.5, 0.6) is 0 Å². The molecule has 21 heavy (non-hydrogen) atoms. The Morgan fingerprint density at radius 1 is 1.00 bits per heavy atom. The molecule has 0 unspecified atom stereocenters. The highest BCUT2D eigenvalue weighted by Crippen LogP contribution is 2.36. The number of nitrogens with one attached hydrogen (secondary N) is 1. The molecule has 0 saturated heterocycles. The maximum Gasteiger partial charge on any atom is 0.418 e. The molecule has 0 atom stereocenters. The van der Waals surface area contributed by atoms with Gasteiger partial charge in [-0.1, -0.05) is 40.2 Å². The van der Waals surface area contributed by atoms with Gasteiger partial charge in [0.1, 0.15) is 0 Å². The summed E-state index contributed by atoms with van der Waals surface area (Å²) in [6.07, 6.45) is -4.41. The van der Waals surface area contributed by atoms with Gasteiger partial charge in [0, 0.05) is 16.7 Å². The van der Waals surface area contributed by atoms with Gasteiger partial charge in [0.25, 0.3) is 0 Å². The van der Waals surface area contributed by atoms with Gasteiger partial charge in [0.2, 0.25) is 0 Å². The van der Waals surface area contributed by atoms with E-state index < -0.39 is 11.7 Å². The van der Waals surface area contributed by atoms with Gasteiger partial charge < -0.3 is 10.4 Å². The van der Waals surface area contributed by atoms with Gasteiger partial charge in [-0.2, -0.15) is 13.2 Å². The lowest BCUT2D eigenvalue weighted by atomic mass is 10.1. The van der Waals surface area contributed by atoms with E-state index >= 15 is 0 Å². The molecule has 2 aromatic carbocycles. The van der Waals surface area contributed by atoms with Crippen molar-refractivity contribution in [2.75, 3.05) is 5.32 Å². The summed E-state index contributed by atoms with van der Waals surface area (Å²) in [5, 5.41) is 11.7. The third-order valence-corrected chi connectivity index (χ3v) is 3.47. The van der Waals surface area contributed by atoms with Crippen molar-refractivity contribution in [2.24, 2.45) is 0 Å². The van der Waals surface area contributed by atoms with Crippen molar-refractivity contribution in [3.63, 3.8) is 0 Å². The Morgan fingerprint density at radius 3 is 2.19 bits per heavy atom. The molecule has 0 saturated carbocycles. The summed E-state index contributed by atoms with van der Waals surface area (Å²) in [5.41, 5.74) is 0.933. The smallest absolute Gasteiger partial charge is 0.392 e. The number of benzene rings is 2. The highest BCUT2D eigenvalue weighted by Gasteiger charge is 2.33. The molecule has 0 amide bonds. The number of hydrogen-bond donors (Lipinski definition) is 2. The van der Waals surface area contributed by atoms with Crippen molar-refractivity contribution < 1.29 is 18.3 Å². The number of alkyl halides is 3. The Kier molecular flexibility index (Phi) is 4.90. The Labute approximate surface area is 128 Å². The summed E-state index contributed by atoms with van der Waals surface area (Å²) in [5.74, 6) is 0. The Bertz CT molecular complexity index is 611. The average Bonchev–Trinajstić information content (AvgIpc) is 2.45. The van der Waals surface area contributed by atoms with Crippen molar-refractivity contribution in [2.45, 2.75) is 19.3 Å². The summed E-state index contributed by atoms with van der Waals surface area (Å²) in [7, 11) is 0. The molecule has 0 aliphatic rings. The second kappa shape index (κ2) is 6.49. The fourth-order valence-electron chi connectivity index (χ4n) is 1.86. The monoisotopic (exact) mass is 359 g/mol. The number of halogens is 4. The molecule has 0 fully saturated rings. The van der Waals surface area contributed by atoms with Gasteiger partial charge in [-0.3, -0.25) is 0 Å². The first-order valence-corrected chi connectivity index (χ1v) is 6.99. The minimum absolute atomic E-state index is 0.0388. The van der Waals surface area contributed by atoms with E-state index in [0.717, 1.165) is 17.2 Å². The van der Waals surface area contributed by atoms with Gasteiger partial charge in [0.15, 0.2) is 0 Å². The van der Waals surface area contributed by atoms with E-state index in [9.17, 15) is 13.2 Å². The van der Waals surface area contributed by atoms with E-state index in [1.54, 1.807) is 30.3 Å². The molecule has 0 aliphatic heterocycles. The SMILES string of the molecule is OCc1ccc(CNc2ccc(Br)cc2C(F)(F)F)cc1. The van der Waals surface area contributed by atoms with Crippen LogP contribution in [0.2, 0.25) is 0 Å². The van der Waals surface area contributed by atoms with Crippen molar-refractivity contribution in [1.29, 1.82) is 0 Å². The van der Waals surface area contributed by atoms with Crippen molar-refractivity contribution >= 4 is 21.6 Å². The predicted octanol–water partition coefficient (Wildman–Crippen LogP) is 4.57. The molecule has 112 valence electrons. The molecule has 2 aromatic rings. The first-order valence-electron chi connectivity index (χ1n) is 6.19. The Hall–Kier alpha value is -1.53. The highest BCUT2D eigenvalue weighted by molar-refractivity contribution is 9.10. The lowest BCUT2D eigenvalue weighted by Gasteiger charge is -2.15. The van der Waals surface area contributed by atoms with Crippen LogP contribution in [-0.2, 0) is 19.3 Å². The standard InChI is InChI=1S/C15H13BrF3NO/c16-12-5-6-14(13(7-12)15(17,18)19)20-8-10-1-3-11(9-21)4-2-10/h1-7,20-21H,8-9H2. The fourth-order valence-corrected chi connectivity index (χ4v) is 2.23. The largest absolute Gasteiger partial charge is 0.418 e. The number of aliphatic hydroxyl groups excluding tert-OH is 1. The van der Waals surface area contributed by atoms with Crippen LogP contribution in [0.3, 0.4) is 0 Å². The zero-order chi connectivity index (χ0) is 15.5. The van der Waals surface area contributed by atoms with Crippen molar-refractivity contribution in [3.05, 3.63) is 63.6 Å². The lowest BCUT2D eigenvalue weighted by molar-refractivity contribution is -0.137. The minimum atomic E-state index is -4.41.